The number of carbonyl (C=O) groups excluding carboxylic acids is 1. The number of rotatable bonds is 6. The van der Waals surface area contributed by atoms with E-state index < -0.39 is 23.9 Å². The first-order valence-corrected chi connectivity index (χ1v) is 6.18. The van der Waals surface area contributed by atoms with Gasteiger partial charge in [-0.05, 0) is 12.1 Å². The summed E-state index contributed by atoms with van der Waals surface area (Å²) >= 11 is 0. The van der Waals surface area contributed by atoms with Crippen LogP contribution in [0.5, 0.6) is 0 Å². The van der Waals surface area contributed by atoms with Crippen LogP contribution in [0.1, 0.15) is 26.5 Å². The first kappa shape index (κ1) is 15.2. The number of nitrogens with one attached hydrogen (secondary N) is 2. The SMILES string of the molecule is O=C(O)c1cccnc1C(=O)NC(Cc1cnc[nH]1)C(=O)O. The highest BCUT2D eigenvalue weighted by Crippen LogP contribution is 2.07. The minimum Gasteiger partial charge on any atom is -0.480 e. The van der Waals surface area contributed by atoms with Crippen molar-refractivity contribution >= 4 is 17.8 Å². The fourth-order valence-corrected chi connectivity index (χ4v) is 1.80. The molecule has 0 aliphatic carbocycles. The Morgan fingerprint density at radius 2 is 2.09 bits per heavy atom. The molecule has 0 saturated heterocycles. The summed E-state index contributed by atoms with van der Waals surface area (Å²) in [6, 6.07) is 1.35. The molecule has 0 fully saturated rings. The molecule has 114 valence electrons. The van der Waals surface area contributed by atoms with E-state index in [1.807, 2.05) is 0 Å². The highest BCUT2D eigenvalue weighted by atomic mass is 16.4. The van der Waals surface area contributed by atoms with Crippen molar-refractivity contribution in [3.8, 4) is 0 Å². The fraction of sp³-hybridized carbons (Fsp3) is 0.154. The number of amides is 1. The van der Waals surface area contributed by atoms with Gasteiger partial charge in [0.1, 0.15) is 11.7 Å². The molecule has 1 atom stereocenters. The van der Waals surface area contributed by atoms with Gasteiger partial charge in [0.05, 0.1) is 11.9 Å². The summed E-state index contributed by atoms with van der Waals surface area (Å²) in [6.07, 6.45) is 4.06. The lowest BCUT2D eigenvalue weighted by Crippen LogP contribution is -2.43. The maximum absolute atomic E-state index is 12.1. The van der Waals surface area contributed by atoms with E-state index in [0.29, 0.717) is 5.69 Å². The number of carbonyl (C=O) groups is 3. The third-order valence-electron chi connectivity index (χ3n) is 2.84. The van der Waals surface area contributed by atoms with Gasteiger partial charge in [0, 0.05) is 24.5 Å². The third kappa shape index (κ3) is 3.45. The second kappa shape index (κ2) is 6.48. The Hall–Kier alpha value is -3.23. The summed E-state index contributed by atoms with van der Waals surface area (Å²) in [5, 5.41) is 20.4. The Morgan fingerprint density at radius 3 is 2.68 bits per heavy atom. The molecule has 1 unspecified atom stereocenters. The van der Waals surface area contributed by atoms with E-state index in [0.717, 1.165) is 0 Å². The molecule has 9 nitrogen and oxygen atoms in total. The maximum Gasteiger partial charge on any atom is 0.338 e. The predicted molar refractivity (Wildman–Crippen MR) is 72.4 cm³/mol. The van der Waals surface area contributed by atoms with Gasteiger partial charge in [-0.1, -0.05) is 0 Å². The number of aromatic amines is 1. The Morgan fingerprint density at radius 1 is 1.32 bits per heavy atom. The third-order valence-corrected chi connectivity index (χ3v) is 2.84. The number of carboxylic acids is 2. The number of aromatic nitrogens is 3. The normalized spacial score (nSPS) is 11.6. The zero-order chi connectivity index (χ0) is 16.1. The highest BCUT2D eigenvalue weighted by Gasteiger charge is 2.25. The monoisotopic (exact) mass is 304 g/mol. The molecule has 0 aliphatic heterocycles. The van der Waals surface area contributed by atoms with E-state index in [1.54, 1.807) is 0 Å². The van der Waals surface area contributed by atoms with E-state index in [-0.39, 0.29) is 17.7 Å². The van der Waals surface area contributed by atoms with E-state index in [2.05, 4.69) is 20.3 Å². The van der Waals surface area contributed by atoms with E-state index in [1.165, 1.54) is 30.9 Å². The average Bonchev–Trinajstić information content (AvgIpc) is 2.99. The number of nitrogens with zero attached hydrogens (tertiary/aromatic N) is 2. The second-order valence-corrected chi connectivity index (χ2v) is 4.35. The lowest BCUT2D eigenvalue weighted by Gasteiger charge is -2.14. The molecule has 0 bridgehead atoms. The van der Waals surface area contributed by atoms with Crippen molar-refractivity contribution < 1.29 is 24.6 Å². The molecule has 22 heavy (non-hydrogen) atoms. The lowest BCUT2D eigenvalue weighted by molar-refractivity contribution is -0.139. The standard InChI is InChI=1S/C13H12N4O5/c18-11(10-8(12(19)20)2-1-3-15-10)17-9(13(21)22)4-7-5-14-6-16-7/h1-3,5-6,9H,4H2,(H,14,16)(H,17,18)(H,19,20)(H,21,22). The molecule has 0 spiro atoms. The van der Waals surface area contributed by atoms with Crippen LogP contribution < -0.4 is 5.32 Å². The van der Waals surface area contributed by atoms with Crippen LogP contribution in [-0.4, -0.2) is 49.1 Å². The molecule has 1 amide bonds. The fourth-order valence-electron chi connectivity index (χ4n) is 1.80. The Bertz CT molecular complexity index is 698. The van der Waals surface area contributed by atoms with Gasteiger partial charge in [0.25, 0.3) is 5.91 Å². The van der Waals surface area contributed by atoms with Gasteiger partial charge in [-0.15, -0.1) is 0 Å². The van der Waals surface area contributed by atoms with Crippen molar-refractivity contribution in [3.63, 3.8) is 0 Å². The van der Waals surface area contributed by atoms with E-state index >= 15 is 0 Å². The van der Waals surface area contributed by atoms with Gasteiger partial charge in [-0.25, -0.2) is 14.6 Å². The smallest absolute Gasteiger partial charge is 0.338 e. The van der Waals surface area contributed by atoms with Crippen molar-refractivity contribution in [3.05, 3.63) is 47.8 Å². The topological polar surface area (TPSA) is 145 Å². The number of H-pyrrole nitrogens is 1. The number of carboxylic acid groups (broad SMARTS) is 2. The highest BCUT2D eigenvalue weighted by molar-refractivity contribution is 6.04. The molecular weight excluding hydrogens is 292 g/mol. The Kier molecular flexibility index (Phi) is 4.47. The van der Waals surface area contributed by atoms with E-state index in [9.17, 15) is 14.4 Å². The van der Waals surface area contributed by atoms with Gasteiger partial charge >= 0.3 is 11.9 Å². The molecule has 2 aromatic heterocycles. The van der Waals surface area contributed by atoms with Crippen LogP contribution in [0.2, 0.25) is 0 Å². The summed E-state index contributed by atoms with van der Waals surface area (Å²) < 4.78 is 0. The number of hydrogen-bond acceptors (Lipinski definition) is 5. The molecule has 0 radical (unpaired) electrons. The molecule has 0 aliphatic rings. The number of pyridine rings is 1. The minimum absolute atomic E-state index is 0.0175. The van der Waals surface area contributed by atoms with Gasteiger partial charge in [-0.2, -0.15) is 0 Å². The van der Waals surface area contributed by atoms with Gasteiger partial charge in [-0.3, -0.25) is 9.78 Å². The first-order chi connectivity index (χ1) is 10.5. The van der Waals surface area contributed by atoms with Crippen LogP contribution in [0.4, 0.5) is 0 Å². The quantitative estimate of drug-likeness (QED) is 0.584. The van der Waals surface area contributed by atoms with Gasteiger partial charge in [0.15, 0.2) is 0 Å². The minimum atomic E-state index is -1.32. The predicted octanol–water partition coefficient (Wildman–Crippen LogP) is -0.0714. The zero-order valence-electron chi connectivity index (χ0n) is 11.2. The largest absolute Gasteiger partial charge is 0.480 e. The van der Waals surface area contributed by atoms with E-state index in [4.69, 9.17) is 10.2 Å². The summed E-state index contributed by atoms with van der Waals surface area (Å²) in [7, 11) is 0. The van der Waals surface area contributed by atoms with Crippen LogP contribution in [0, 0.1) is 0 Å². The Balaban J connectivity index is 2.18. The Labute approximate surface area is 124 Å². The molecule has 9 heteroatoms. The number of aromatic carboxylic acids is 1. The molecule has 0 aromatic carbocycles. The number of aliphatic carboxylic acids is 1. The van der Waals surface area contributed by atoms with Gasteiger partial charge in [0.2, 0.25) is 0 Å². The van der Waals surface area contributed by atoms with Crippen molar-refractivity contribution in [2.45, 2.75) is 12.5 Å². The zero-order valence-corrected chi connectivity index (χ0v) is 11.2. The summed E-state index contributed by atoms with van der Waals surface area (Å²) in [4.78, 5) is 44.6. The second-order valence-electron chi connectivity index (χ2n) is 4.35. The maximum atomic E-state index is 12.1. The van der Waals surface area contributed by atoms with Gasteiger partial charge < -0.3 is 20.5 Å². The van der Waals surface area contributed by atoms with Crippen LogP contribution in [0.3, 0.4) is 0 Å². The molecule has 2 heterocycles. The molecule has 2 rings (SSSR count). The van der Waals surface area contributed by atoms with Crippen molar-refractivity contribution in [1.82, 2.24) is 20.3 Å². The lowest BCUT2D eigenvalue weighted by atomic mass is 10.1. The molecular formula is C13H12N4O5. The number of hydrogen-bond donors (Lipinski definition) is 4. The van der Waals surface area contributed by atoms with Crippen molar-refractivity contribution in [1.29, 1.82) is 0 Å². The van der Waals surface area contributed by atoms with Crippen LogP contribution in [-0.2, 0) is 11.2 Å². The first-order valence-electron chi connectivity index (χ1n) is 6.18. The molecule has 2 aromatic rings. The van der Waals surface area contributed by atoms with Crippen molar-refractivity contribution in [2.24, 2.45) is 0 Å². The van der Waals surface area contributed by atoms with Crippen LogP contribution >= 0.6 is 0 Å². The summed E-state index contributed by atoms with van der Waals surface area (Å²) in [6.45, 7) is 0. The van der Waals surface area contributed by atoms with Crippen LogP contribution in [0.25, 0.3) is 0 Å². The average molecular weight is 304 g/mol. The van der Waals surface area contributed by atoms with Crippen molar-refractivity contribution in [2.75, 3.05) is 0 Å². The number of imidazole rings is 1. The van der Waals surface area contributed by atoms with Crippen LogP contribution in [0.15, 0.2) is 30.9 Å². The summed E-state index contributed by atoms with van der Waals surface area (Å²) in [5.74, 6) is -3.45. The molecule has 4 N–H and O–H groups in total. The summed E-state index contributed by atoms with van der Waals surface area (Å²) in [5.41, 5.74) is -0.122. The molecule has 0 saturated carbocycles.